The molecule has 0 unspecified atom stereocenters. The number of likely N-dealkylation sites (N-methyl/N-ethyl adjacent to an activating group) is 1. The zero-order chi connectivity index (χ0) is 28.9. The molecule has 2 fully saturated rings. The van der Waals surface area contributed by atoms with Crippen LogP contribution in [0.2, 0.25) is 0 Å². The zero-order valence-corrected chi connectivity index (χ0v) is 24.0. The Labute approximate surface area is 242 Å². The molecule has 1 saturated heterocycles. The highest BCUT2D eigenvalue weighted by Crippen LogP contribution is 2.37. The van der Waals surface area contributed by atoms with Gasteiger partial charge in [-0.1, -0.05) is 62.9 Å². The second-order valence-corrected chi connectivity index (χ2v) is 11.4. The van der Waals surface area contributed by atoms with Crippen LogP contribution in [0.5, 0.6) is 0 Å². The Hall–Kier alpha value is -3.72. The zero-order valence-electron chi connectivity index (χ0n) is 24.0. The summed E-state index contributed by atoms with van der Waals surface area (Å²) in [5.74, 6) is -0.138. The molecule has 9 heteroatoms. The molecule has 1 saturated carbocycles. The van der Waals surface area contributed by atoms with Crippen LogP contribution in [0.15, 0.2) is 59.6 Å². The number of fused-ring (bicyclic) bond motifs is 1. The number of aliphatic hydroxyl groups excluding tert-OH is 1. The van der Waals surface area contributed by atoms with E-state index in [-0.39, 0.29) is 17.7 Å². The molecule has 41 heavy (non-hydrogen) atoms. The van der Waals surface area contributed by atoms with Crippen LogP contribution < -0.4 is 10.2 Å². The lowest BCUT2D eigenvalue weighted by Crippen LogP contribution is -2.52. The predicted molar refractivity (Wildman–Crippen MR) is 159 cm³/mol. The molecule has 2 N–H and O–H groups in total. The van der Waals surface area contributed by atoms with Gasteiger partial charge >= 0.3 is 0 Å². The SMILES string of the molecule is CCCC[C@H](O)[C@@H](CC1CC1)C(=O)N[C@@H]1N=C(N2CCN(C(=O)c3ccccc3)CC2)c2ccccc2N(C)C1=O. The quantitative estimate of drug-likeness (QED) is 0.491. The van der Waals surface area contributed by atoms with Crippen molar-refractivity contribution in [2.45, 2.75) is 57.7 Å². The number of carbonyl (C=O) groups excluding carboxylic acids is 3. The number of anilines is 1. The number of amides is 3. The van der Waals surface area contributed by atoms with Crippen molar-refractivity contribution in [1.29, 1.82) is 0 Å². The highest BCUT2D eigenvalue weighted by molar-refractivity contribution is 6.12. The molecule has 2 heterocycles. The number of amidine groups is 1. The van der Waals surface area contributed by atoms with E-state index >= 15 is 0 Å². The number of nitrogens with one attached hydrogen (secondary N) is 1. The molecular weight excluding hydrogens is 518 g/mol. The van der Waals surface area contributed by atoms with Crippen LogP contribution in [-0.4, -0.2) is 84.0 Å². The Morgan fingerprint density at radius 2 is 1.71 bits per heavy atom. The standard InChI is InChI=1S/C32H41N5O4/c1-3-4-14-27(38)25(21-22-15-16-22)30(39)34-28-32(41)35(2)26-13-9-8-12-24(26)29(33-28)36-17-19-37(20-18-36)31(40)23-10-6-5-7-11-23/h5-13,22,25,27-28,38H,3-4,14-21H2,1-2H3,(H,34,39)/t25-,27+,28+/m1/s1. The molecule has 218 valence electrons. The van der Waals surface area contributed by atoms with Gasteiger partial charge in [-0.05, 0) is 43.0 Å². The minimum absolute atomic E-state index is 0.00292. The van der Waals surface area contributed by atoms with E-state index in [1.807, 2.05) is 59.5 Å². The average Bonchev–Trinajstić information content (AvgIpc) is 3.85. The summed E-state index contributed by atoms with van der Waals surface area (Å²) in [6.45, 7) is 4.19. The van der Waals surface area contributed by atoms with E-state index < -0.39 is 18.2 Å². The molecule has 1 aliphatic carbocycles. The molecule has 2 aromatic rings. The fraction of sp³-hybridized carbons (Fsp3) is 0.500. The Morgan fingerprint density at radius 1 is 1.02 bits per heavy atom. The smallest absolute Gasteiger partial charge is 0.272 e. The van der Waals surface area contributed by atoms with Crippen molar-refractivity contribution in [1.82, 2.24) is 15.1 Å². The number of piperazine rings is 1. The largest absolute Gasteiger partial charge is 0.392 e. The number of hydrogen-bond donors (Lipinski definition) is 2. The summed E-state index contributed by atoms with van der Waals surface area (Å²) in [7, 11) is 1.70. The summed E-state index contributed by atoms with van der Waals surface area (Å²) < 4.78 is 0. The second kappa shape index (κ2) is 12.9. The Kier molecular flexibility index (Phi) is 9.03. The fourth-order valence-corrected chi connectivity index (χ4v) is 5.74. The van der Waals surface area contributed by atoms with Crippen LogP contribution in [0.4, 0.5) is 5.69 Å². The van der Waals surface area contributed by atoms with Crippen LogP contribution in [0.3, 0.4) is 0 Å². The van der Waals surface area contributed by atoms with Crippen LogP contribution >= 0.6 is 0 Å². The second-order valence-electron chi connectivity index (χ2n) is 11.4. The highest BCUT2D eigenvalue weighted by atomic mass is 16.3. The molecule has 3 amide bonds. The molecule has 2 aliphatic heterocycles. The van der Waals surface area contributed by atoms with Crippen molar-refractivity contribution >= 4 is 29.2 Å². The topological polar surface area (TPSA) is 106 Å². The summed E-state index contributed by atoms with van der Waals surface area (Å²) in [6.07, 6.45) is 3.27. The van der Waals surface area contributed by atoms with E-state index in [0.717, 1.165) is 31.2 Å². The third kappa shape index (κ3) is 6.62. The summed E-state index contributed by atoms with van der Waals surface area (Å²) in [4.78, 5) is 50.6. The first-order valence-electron chi connectivity index (χ1n) is 14.9. The average molecular weight is 560 g/mol. The monoisotopic (exact) mass is 559 g/mol. The number of nitrogens with zero attached hydrogens (tertiary/aromatic N) is 4. The lowest BCUT2D eigenvalue weighted by Gasteiger charge is -2.37. The Morgan fingerprint density at radius 3 is 2.39 bits per heavy atom. The third-order valence-electron chi connectivity index (χ3n) is 8.43. The van der Waals surface area contributed by atoms with E-state index in [4.69, 9.17) is 4.99 Å². The fourth-order valence-electron chi connectivity index (χ4n) is 5.74. The van der Waals surface area contributed by atoms with Gasteiger partial charge in [-0.3, -0.25) is 14.4 Å². The van der Waals surface area contributed by atoms with E-state index in [1.165, 1.54) is 0 Å². The van der Waals surface area contributed by atoms with Gasteiger partial charge in [0.05, 0.1) is 17.7 Å². The molecule has 5 rings (SSSR count). The van der Waals surface area contributed by atoms with E-state index in [2.05, 4.69) is 17.1 Å². The minimum atomic E-state index is -1.11. The number of benzene rings is 2. The predicted octanol–water partition coefficient (Wildman–Crippen LogP) is 3.28. The maximum Gasteiger partial charge on any atom is 0.272 e. The maximum absolute atomic E-state index is 13.6. The first kappa shape index (κ1) is 28.8. The summed E-state index contributed by atoms with van der Waals surface area (Å²) in [6, 6.07) is 16.9. The number of hydrogen-bond acceptors (Lipinski definition) is 6. The van der Waals surface area contributed by atoms with E-state index in [9.17, 15) is 19.5 Å². The van der Waals surface area contributed by atoms with Gasteiger partial charge in [0.25, 0.3) is 11.8 Å². The number of aliphatic imine (C=N–C) groups is 1. The molecule has 2 aromatic carbocycles. The normalized spacial score (nSPS) is 20.6. The molecule has 3 aliphatic rings. The van der Waals surface area contributed by atoms with Crippen LogP contribution in [0.25, 0.3) is 0 Å². The number of aliphatic hydroxyl groups is 1. The number of para-hydroxylation sites is 1. The van der Waals surface area contributed by atoms with Crippen molar-refractivity contribution in [2.75, 3.05) is 38.1 Å². The van der Waals surface area contributed by atoms with Gasteiger partial charge in [-0.25, -0.2) is 4.99 Å². The Balaban J connectivity index is 1.37. The molecular formula is C32H41N5O4. The van der Waals surface area contributed by atoms with E-state index in [1.54, 1.807) is 11.9 Å². The number of carbonyl (C=O) groups is 3. The van der Waals surface area contributed by atoms with Gasteiger partial charge in [-0.2, -0.15) is 0 Å². The van der Waals surface area contributed by atoms with Crippen molar-refractivity contribution in [3.8, 4) is 0 Å². The van der Waals surface area contributed by atoms with Gasteiger partial charge in [0.1, 0.15) is 5.84 Å². The molecule has 9 nitrogen and oxygen atoms in total. The molecule has 3 atom stereocenters. The van der Waals surface area contributed by atoms with Gasteiger partial charge in [-0.15, -0.1) is 0 Å². The number of rotatable bonds is 9. The van der Waals surface area contributed by atoms with Gasteiger partial charge < -0.3 is 25.1 Å². The van der Waals surface area contributed by atoms with Crippen LogP contribution in [0.1, 0.15) is 61.4 Å². The Bertz CT molecular complexity index is 1270. The number of benzodiazepines with no additional fused rings is 1. The van der Waals surface area contributed by atoms with Gasteiger partial charge in [0, 0.05) is 44.4 Å². The highest BCUT2D eigenvalue weighted by Gasteiger charge is 2.38. The molecule has 0 spiro atoms. The van der Waals surface area contributed by atoms with Gasteiger partial charge in [0.2, 0.25) is 12.1 Å². The summed E-state index contributed by atoms with van der Waals surface area (Å²) in [5, 5.41) is 13.8. The number of unbranched alkanes of at least 4 members (excludes halogenated alkanes) is 1. The van der Waals surface area contributed by atoms with Crippen molar-refractivity contribution in [3.05, 3.63) is 65.7 Å². The first-order chi connectivity index (χ1) is 19.9. The van der Waals surface area contributed by atoms with Crippen LogP contribution in [-0.2, 0) is 9.59 Å². The third-order valence-corrected chi connectivity index (χ3v) is 8.43. The van der Waals surface area contributed by atoms with E-state index in [0.29, 0.717) is 62.0 Å². The van der Waals surface area contributed by atoms with Crippen molar-refractivity contribution in [2.24, 2.45) is 16.8 Å². The van der Waals surface area contributed by atoms with Gasteiger partial charge in [0.15, 0.2) is 0 Å². The summed E-state index contributed by atoms with van der Waals surface area (Å²) >= 11 is 0. The molecule has 0 aromatic heterocycles. The van der Waals surface area contributed by atoms with Crippen molar-refractivity contribution in [3.63, 3.8) is 0 Å². The first-order valence-corrected chi connectivity index (χ1v) is 14.9. The molecule has 0 bridgehead atoms. The van der Waals surface area contributed by atoms with Crippen LogP contribution in [0, 0.1) is 11.8 Å². The van der Waals surface area contributed by atoms with Crippen molar-refractivity contribution < 1.29 is 19.5 Å². The lowest BCUT2D eigenvalue weighted by molar-refractivity contribution is -0.133. The minimum Gasteiger partial charge on any atom is -0.392 e. The lowest BCUT2D eigenvalue weighted by atomic mass is 9.91. The summed E-state index contributed by atoms with van der Waals surface area (Å²) in [5.41, 5.74) is 2.18. The molecule has 0 radical (unpaired) electrons. The maximum atomic E-state index is 13.6.